The Bertz CT molecular complexity index is 427. The van der Waals surface area contributed by atoms with E-state index in [1.165, 1.54) is 6.92 Å². The second-order valence-electron chi connectivity index (χ2n) is 2.91. The average molecular weight is 267 g/mol. The van der Waals surface area contributed by atoms with Crippen LogP contribution in [0.25, 0.3) is 0 Å². The Balaban J connectivity index is 2.94. The normalized spacial score (nSPS) is 9.00. The largest absolute Gasteiger partial charge is 0.480 e. The van der Waals surface area contributed by atoms with Crippen molar-refractivity contribution < 1.29 is 9.53 Å². The number of hydrogen-bond donors (Lipinski definition) is 0. The van der Waals surface area contributed by atoms with Gasteiger partial charge >= 0.3 is 0 Å². The van der Waals surface area contributed by atoms with E-state index in [-0.39, 0.29) is 5.78 Å². The van der Waals surface area contributed by atoms with Crippen LogP contribution in [0.15, 0.2) is 22.7 Å². The summed E-state index contributed by atoms with van der Waals surface area (Å²) < 4.78 is 6.24. The van der Waals surface area contributed by atoms with Gasteiger partial charge in [-0.25, -0.2) is 0 Å². The van der Waals surface area contributed by atoms with Gasteiger partial charge < -0.3 is 4.74 Å². The third-order valence-corrected chi connectivity index (χ3v) is 2.29. The molecule has 0 spiro atoms. The average Bonchev–Trinajstić information content (AvgIpc) is 2.20. The molecule has 0 radical (unpaired) electrons. The predicted molar refractivity (Wildman–Crippen MR) is 63.1 cm³/mol. The van der Waals surface area contributed by atoms with E-state index in [2.05, 4.69) is 27.8 Å². The number of carbonyl (C=O) groups is 1. The van der Waals surface area contributed by atoms with Crippen molar-refractivity contribution in [2.24, 2.45) is 0 Å². The minimum Gasteiger partial charge on any atom is -0.480 e. The molecule has 0 N–H and O–H groups in total. The molecule has 1 rings (SSSR count). The van der Waals surface area contributed by atoms with E-state index in [0.717, 1.165) is 4.47 Å². The summed E-state index contributed by atoms with van der Waals surface area (Å²) in [6.45, 7) is 3.56. The van der Waals surface area contributed by atoms with E-state index in [9.17, 15) is 4.79 Å². The van der Waals surface area contributed by atoms with Crippen molar-refractivity contribution in [3.8, 4) is 17.6 Å². The van der Waals surface area contributed by atoms with Crippen molar-refractivity contribution in [3.63, 3.8) is 0 Å². The van der Waals surface area contributed by atoms with Crippen LogP contribution in [0.5, 0.6) is 5.75 Å². The van der Waals surface area contributed by atoms with Crippen molar-refractivity contribution >= 4 is 21.7 Å². The molecule has 15 heavy (non-hydrogen) atoms. The summed E-state index contributed by atoms with van der Waals surface area (Å²) in [5.41, 5.74) is 0.572. The summed E-state index contributed by atoms with van der Waals surface area (Å²) in [5, 5.41) is 0. The van der Waals surface area contributed by atoms with Crippen LogP contribution in [-0.2, 0) is 0 Å². The SMILES string of the molecule is CC#CCOc1ccc(Br)cc1C(C)=O. The number of Topliss-reactive ketones (excluding diaryl/α,β-unsaturated/α-hetero) is 1. The van der Waals surface area contributed by atoms with E-state index in [1.54, 1.807) is 19.1 Å². The fourth-order valence-electron chi connectivity index (χ4n) is 1.09. The van der Waals surface area contributed by atoms with Gasteiger partial charge in [-0.15, -0.1) is 5.92 Å². The third kappa shape index (κ3) is 3.41. The molecule has 0 heterocycles. The lowest BCUT2D eigenvalue weighted by Crippen LogP contribution is -2.01. The fraction of sp³-hybridized carbons (Fsp3) is 0.250. The summed E-state index contributed by atoms with van der Waals surface area (Å²) in [5.74, 6) is 6.07. The first-order valence-electron chi connectivity index (χ1n) is 4.48. The van der Waals surface area contributed by atoms with Crippen LogP contribution in [0.2, 0.25) is 0 Å². The highest BCUT2D eigenvalue weighted by atomic mass is 79.9. The molecule has 0 aliphatic heterocycles. The number of hydrogen-bond acceptors (Lipinski definition) is 2. The van der Waals surface area contributed by atoms with Gasteiger partial charge in [0.05, 0.1) is 5.56 Å². The van der Waals surface area contributed by atoms with Crippen LogP contribution in [0.1, 0.15) is 24.2 Å². The summed E-state index contributed by atoms with van der Waals surface area (Å²) >= 11 is 3.31. The van der Waals surface area contributed by atoms with E-state index in [1.807, 2.05) is 6.07 Å². The Morgan fingerprint density at radius 1 is 1.53 bits per heavy atom. The quantitative estimate of drug-likeness (QED) is 0.621. The zero-order chi connectivity index (χ0) is 11.3. The van der Waals surface area contributed by atoms with Crippen LogP contribution in [0.4, 0.5) is 0 Å². The summed E-state index contributed by atoms with van der Waals surface area (Å²) in [6.07, 6.45) is 0. The molecule has 3 heteroatoms. The van der Waals surface area contributed by atoms with Gasteiger partial charge in [0.25, 0.3) is 0 Å². The molecule has 0 bridgehead atoms. The Hall–Kier alpha value is -1.27. The van der Waals surface area contributed by atoms with Crippen LogP contribution < -0.4 is 4.74 Å². The minimum absolute atomic E-state index is 0.0178. The van der Waals surface area contributed by atoms with Crippen molar-refractivity contribution in [1.29, 1.82) is 0 Å². The number of benzene rings is 1. The maximum atomic E-state index is 11.3. The van der Waals surface area contributed by atoms with Crippen molar-refractivity contribution in [1.82, 2.24) is 0 Å². The van der Waals surface area contributed by atoms with Gasteiger partial charge in [0.15, 0.2) is 5.78 Å². The molecule has 0 aliphatic rings. The lowest BCUT2D eigenvalue weighted by Gasteiger charge is -2.07. The zero-order valence-corrected chi connectivity index (χ0v) is 10.2. The summed E-state index contributed by atoms with van der Waals surface area (Å²) in [6, 6.07) is 5.34. The van der Waals surface area contributed by atoms with E-state index >= 15 is 0 Å². The van der Waals surface area contributed by atoms with Crippen molar-refractivity contribution in [3.05, 3.63) is 28.2 Å². The standard InChI is InChI=1S/C12H11BrO2/c1-3-4-7-15-12-6-5-10(13)8-11(12)9(2)14/h5-6,8H,7H2,1-2H3. The molecule has 0 amide bonds. The van der Waals surface area contributed by atoms with Crippen LogP contribution >= 0.6 is 15.9 Å². The van der Waals surface area contributed by atoms with Gasteiger partial charge in [-0.3, -0.25) is 4.79 Å². The third-order valence-electron chi connectivity index (χ3n) is 1.80. The second-order valence-corrected chi connectivity index (χ2v) is 3.83. The highest BCUT2D eigenvalue weighted by molar-refractivity contribution is 9.10. The Morgan fingerprint density at radius 3 is 2.87 bits per heavy atom. The molecule has 0 atom stereocenters. The summed E-state index contributed by atoms with van der Waals surface area (Å²) in [4.78, 5) is 11.3. The van der Waals surface area contributed by atoms with Gasteiger partial charge in [0.2, 0.25) is 0 Å². The highest BCUT2D eigenvalue weighted by Gasteiger charge is 2.08. The molecule has 0 saturated heterocycles. The Labute approximate surface area is 97.8 Å². The first kappa shape index (κ1) is 11.8. The number of halogens is 1. The molecule has 1 aromatic carbocycles. The lowest BCUT2D eigenvalue weighted by atomic mass is 10.1. The zero-order valence-electron chi connectivity index (χ0n) is 8.63. The molecule has 2 nitrogen and oxygen atoms in total. The van der Waals surface area contributed by atoms with Crippen LogP contribution in [-0.4, -0.2) is 12.4 Å². The second kappa shape index (κ2) is 5.57. The van der Waals surface area contributed by atoms with E-state index in [0.29, 0.717) is 17.9 Å². The van der Waals surface area contributed by atoms with E-state index < -0.39 is 0 Å². The smallest absolute Gasteiger partial charge is 0.163 e. The molecule has 0 aromatic heterocycles. The minimum atomic E-state index is -0.0178. The van der Waals surface area contributed by atoms with Gasteiger partial charge in [0.1, 0.15) is 12.4 Å². The Kier molecular flexibility index (Phi) is 4.38. The van der Waals surface area contributed by atoms with Crippen molar-refractivity contribution in [2.75, 3.05) is 6.61 Å². The molecule has 0 unspecified atom stereocenters. The predicted octanol–water partition coefficient (Wildman–Crippen LogP) is 3.05. The van der Waals surface area contributed by atoms with Gasteiger partial charge in [0, 0.05) is 4.47 Å². The number of carbonyl (C=O) groups excluding carboxylic acids is 1. The maximum absolute atomic E-state index is 11.3. The lowest BCUT2D eigenvalue weighted by molar-refractivity contribution is 0.101. The van der Waals surface area contributed by atoms with Crippen LogP contribution in [0.3, 0.4) is 0 Å². The molecule has 0 fully saturated rings. The fourth-order valence-corrected chi connectivity index (χ4v) is 1.45. The number of rotatable bonds is 3. The van der Waals surface area contributed by atoms with Gasteiger partial charge in [-0.2, -0.15) is 0 Å². The number of ether oxygens (including phenoxy) is 1. The van der Waals surface area contributed by atoms with Gasteiger partial charge in [-0.1, -0.05) is 21.9 Å². The first-order chi connectivity index (χ1) is 7.15. The van der Waals surface area contributed by atoms with E-state index in [4.69, 9.17) is 4.74 Å². The molecule has 1 aromatic rings. The monoisotopic (exact) mass is 266 g/mol. The Morgan fingerprint density at radius 2 is 2.27 bits per heavy atom. The molecule has 0 saturated carbocycles. The maximum Gasteiger partial charge on any atom is 0.163 e. The molecule has 0 aliphatic carbocycles. The summed E-state index contributed by atoms with van der Waals surface area (Å²) in [7, 11) is 0. The highest BCUT2D eigenvalue weighted by Crippen LogP contribution is 2.23. The molecule has 78 valence electrons. The first-order valence-corrected chi connectivity index (χ1v) is 5.27. The number of ketones is 1. The molecular weight excluding hydrogens is 256 g/mol. The topological polar surface area (TPSA) is 26.3 Å². The van der Waals surface area contributed by atoms with Crippen LogP contribution in [0, 0.1) is 11.8 Å². The van der Waals surface area contributed by atoms with Gasteiger partial charge in [-0.05, 0) is 32.0 Å². The van der Waals surface area contributed by atoms with Crippen molar-refractivity contribution in [2.45, 2.75) is 13.8 Å². The molecular formula is C12H11BrO2.